The van der Waals surface area contributed by atoms with Gasteiger partial charge in [-0.05, 0) is 50.4 Å². The summed E-state index contributed by atoms with van der Waals surface area (Å²) in [5.74, 6) is -0.0139. The van der Waals surface area contributed by atoms with E-state index in [-0.39, 0.29) is 23.7 Å². The van der Waals surface area contributed by atoms with E-state index >= 15 is 0 Å². The smallest absolute Gasteiger partial charge is 0.224 e. The Kier molecular flexibility index (Phi) is 4.91. The van der Waals surface area contributed by atoms with Crippen molar-refractivity contribution in [1.82, 2.24) is 10.6 Å². The van der Waals surface area contributed by atoms with Crippen LogP contribution >= 0.6 is 0 Å². The molecule has 3 nitrogen and oxygen atoms in total. The second kappa shape index (κ2) is 6.66. The van der Waals surface area contributed by atoms with E-state index in [0.717, 1.165) is 37.9 Å². The van der Waals surface area contributed by atoms with Crippen molar-refractivity contribution in [2.45, 2.75) is 32.2 Å². The molecule has 2 unspecified atom stereocenters. The first-order chi connectivity index (χ1) is 9.15. The van der Waals surface area contributed by atoms with Crippen LogP contribution in [0.5, 0.6) is 0 Å². The monoisotopic (exact) mass is 264 g/mol. The van der Waals surface area contributed by atoms with Crippen LogP contribution in [0.1, 0.15) is 25.3 Å². The number of carbonyl (C=O) groups excluding carboxylic acids is 1. The molecule has 1 aromatic carbocycles. The zero-order valence-corrected chi connectivity index (χ0v) is 11.3. The Hall–Kier alpha value is -1.42. The number of benzene rings is 1. The number of nitrogens with one attached hydrogen (secondary N) is 2. The van der Waals surface area contributed by atoms with Gasteiger partial charge in [-0.25, -0.2) is 4.39 Å². The summed E-state index contributed by atoms with van der Waals surface area (Å²) < 4.78 is 12.8. The molecule has 0 spiro atoms. The number of amides is 1. The van der Waals surface area contributed by atoms with Crippen molar-refractivity contribution in [2.75, 3.05) is 13.1 Å². The van der Waals surface area contributed by atoms with Gasteiger partial charge in [0.05, 0.1) is 5.92 Å². The van der Waals surface area contributed by atoms with E-state index in [1.807, 2.05) is 6.92 Å². The van der Waals surface area contributed by atoms with E-state index in [1.165, 1.54) is 12.1 Å². The summed E-state index contributed by atoms with van der Waals surface area (Å²) >= 11 is 0. The molecule has 1 aliphatic heterocycles. The van der Waals surface area contributed by atoms with Crippen LogP contribution in [0.15, 0.2) is 24.3 Å². The van der Waals surface area contributed by atoms with Gasteiger partial charge in [0, 0.05) is 12.6 Å². The predicted octanol–water partition coefficient (Wildman–Crippen LogP) is 1.87. The third-order valence-corrected chi connectivity index (χ3v) is 3.51. The zero-order chi connectivity index (χ0) is 13.7. The Morgan fingerprint density at radius 1 is 1.47 bits per heavy atom. The van der Waals surface area contributed by atoms with Crippen molar-refractivity contribution in [3.8, 4) is 0 Å². The molecule has 19 heavy (non-hydrogen) atoms. The lowest BCUT2D eigenvalue weighted by Crippen LogP contribution is -2.44. The highest BCUT2D eigenvalue weighted by Gasteiger charge is 2.21. The van der Waals surface area contributed by atoms with E-state index in [4.69, 9.17) is 0 Å². The molecule has 1 fully saturated rings. The Balaban J connectivity index is 1.81. The molecule has 1 saturated heterocycles. The minimum atomic E-state index is -0.228. The van der Waals surface area contributed by atoms with Gasteiger partial charge >= 0.3 is 0 Å². The van der Waals surface area contributed by atoms with Crippen molar-refractivity contribution >= 4 is 5.91 Å². The quantitative estimate of drug-likeness (QED) is 0.871. The van der Waals surface area contributed by atoms with Gasteiger partial charge in [0.15, 0.2) is 0 Å². The van der Waals surface area contributed by atoms with Crippen molar-refractivity contribution in [2.24, 2.45) is 5.92 Å². The summed E-state index contributed by atoms with van der Waals surface area (Å²) in [4.78, 5) is 12.0. The molecule has 1 aliphatic rings. The Bertz CT molecular complexity index is 413. The van der Waals surface area contributed by atoms with E-state index in [0.29, 0.717) is 0 Å². The molecule has 104 valence electrons. The van der Waals surface area contributed by atoms with Gasteiger partial charge in [-0.1, -0.05) is 12.1 Å². The van der Waals surface area contributed by atoms with Gasteiger partial charge in [0.2, 0.25) is 5.91 Å². The third kappa shape index (κ3) is 4.31. The summed E-state index contributed by atoms with van der Waals surface area (Å²) in [6, 6.07) is 6.50. The van der Waals surface area contributed by atoms with E-state index in [9.17, 15) is 9.18 Å². The fraction of sp³-hybridized carbons (Fsp3) is 0.533. The first kappa shape index (κ1) is 14.0. The first-order valence-electron chi connectivity index (χ1n) is 6.90. The average Bonchev–Trinajstić information content (AvgIpc) is 2.42. The summed E-state index contributed by atoms with van der Waals surface area (Å²) in [6.45, 7) is 3.77. The molecule has 1 aromatic rings. The summed E-state index contributed by atoms with van der Waals surface area (Å²) in [5.41, 5.74) is 1.04. The molecule has 2 rings (SSSR count). The van der Waals surface area contributed by atoms with Crippen LogP contribution in [0.4, 0.5) is 4.39 Å². The maximum Gasteiger partial charge on any atom is 0.224 e. The lowest BCUT2D eigenvalue weighted by molar-refractivity contribution is -0.126. The molecule has 0 bridgehead atoms. The number of hydrogen-bond acceptors (Lipinski definition) is 2. The van der Waals surface area contributed by atoms with Crippen LogP contribution in [0.25, 0.3) is 0 Å². The second-order valence-corrected chi connectivity index (χ2v) is 5.28. The molecule has 4 heteroatoms. The van der Waals surface area contributed by atoms with Crippen molar-refractivity contribution < 1.29 is 9.18 Å². The van der Waals surface area contributed by atoms with Gasteiger partial charge in [-0.2, -0.15) is 0 Å². The molecule has 0 saturated carbocycles. The van der Waals surface area contributed by atoms with Gasteiger partial charge in [0.1, 0.15) is 5.82 Å². The molecular weight excluding hydrogens is 243 g/mol. The van der Waals surface area contributed by atoms with Crippen LogP contribution in [0.3, 0.4) is 0 Å². The molecular formula is C15H21FN2O. The average molecular weight is 264 g/mol. The van der Waals surface area contributed by atoms with Crippen molar-refractivity contribution in [1.29, 1.82) is 0 Å². The SMILES string of the molecule is CC(Cc1ccc(F)cc1)NC(=O)C1CCCNC1. The van der Waals surface area contributed by atoms with Crippen LogP contribution in [-0.4, -0.2) is 25.0 Å². The summed E-state index contributed by atoms with van der Waals surface area (Å²) in [5, 5.41) is 6.28. The summed E-state index contributed by atoms with van der Waals surface area (Å²) in [6.07, 6.45) is 2.75. The van der Waals surface area contributed by atoms with Crippen LogP contribution < -0.4 is 10.6 Å². The van der Waals surface area contributed by atoms with E-state index < -0.39 is 0 Å². The topological polar surface area (TPSA) is 41.1 Å². The first-order valence-corrected chi connectivity index (χ1v) is 6.90. The number of halogens is 1. The number of carbonyl (C=O) groups is 1. The van der Waals surface area contributed by atoms with Gasteiger partial charge < -0.3 is 10.6 Å². The second-order valence-electron chi connectivity index (χ2n) is 5.28. The highest BCUT2D eigenvalue weighted by atomic mass is 19.1. The fourth-order valence-electron chi connectivity index (χ4n) is 2.46. The highest BCUT2D eigenvalue weighted by molar-refractivity contribution is 5.79. The van der Waals surface area contributed by atoms with Gasteiger partial charge in [-0.3, -0.25) is 4.79 Å². The molecule has 2 N–H and O–H groups in total. The van der Waals surface area contributed by atoms with Crippen LogP contribution in [0.2, 0.25) is 0 Å². The van der Waals surface area contributed by atoms with Crippen LogP contribution in [-0.2, 0) is 11.2 Å². The Labute approximate surface area is 113 Å². The molecule has 2 atom stereocenters. The molecule has 0 aliphatic carbocycles. The number of piperidine rings is 1. The zero-order valence-electron chi connectivity index (χ0n) is 11.3. The number of hydrogen-bond donors (Lipinski definition) is 2. The largest absolute Gasteiger partial charge is 0.353 e. The van der Waals surface area contributed by atoms with Gasteiger partial charge in [0.25, 0.3) is 0 Å². The lowest BCUT2D eigenvalue weighted by atomic mass is 9.98. The minimum absolute atomic E-state index is 0.0693. The fourth-order valence-corrected chi connectivity index (χ4v) is 2.46. The molecule has 1 amide bonds. The third-order valence-electron chi connectivity index (χ3n) is 3.51. The standard InChI is InChI=1S/C15H21FN2O/c1-11(9-12-4-6-14(16)7-5-12)18-15(19)13-3-2-8-17-10-13/h4-7,11,13,17H,2-3,8-10H2,1H3,(H,18,19). The summed E-state index contributed by atoms with van der Waals surface area (Å²) in [7, 11) is 0. The van der Waals surface area contributed by atoms with Gasteiger partial charge in [-0.15, -0.1) is 0 Å². The van der Waals surface area contributed by atoms with Crippen molar-refractivity contribution in [3.63, 3.8) is 0 Å². The molecule has 1 heterocycles. The minimum Gasteiger partial charge on any atom is -0.353 e. The Morgan fingerprint density at radius 3 is 2.84 bits per heavy atom. The maximum atomic E-state index is 12.8. The lowest BCUT2D eigenvalue weighted by Gasteiger charge is -2.24. The highest BCUT2D eigenvalue weighted by Crippen LogP contribution is 2.11. The van der Waals surface area contributed by atoms with E-state index in [2.05, 4.69) is 10.6 Å². The predicted molar refractivity (Wildman–Crippen MR) is 73.3 cm³/mol. The Morgan fingerprint density at radius 2 is 2.21 bits per heavy atom. The van der Waals surface area contributed by atoms with Crippen molar-refractivity contribution in [3.05, 3.63) is 35.6 Å². The van der Waals surface area contributed by atoms with Crippen LogP contribution in [0, 0.1) is 11.7 Å². The van der Waals surface area contributed by atoms with E-state index in [1.54, 1.807) is 12.1 Å². The molecule has 0 aromatic heterocycles. The molecule has 0 radical (unpaired) electrons. The number of rotatable bonds is 4. The normalized spacial score (nSPS) is 20.8. The maximum absolute atomic E-state index is 12.8.